The Morgan fingerprint density at radius 3 is 2.64 bits per heavy atom. The molecule has 1 atom stereocenters. The number of hydrogen-bond acceptors (Lipinski definition) is 7. The van der Waals surface area contributed by atoms with Crippen molar-refractivity contribution in [2.24, 2.45) is 5.92 Å². The SMILES string of the molecule is Cc1cccc2cc(CN(CCCN3CCOCC3)C(c3nnnn3C(C)(C)C)C(C)C)c(=O)[nH]c12. The molecular formula is C27H41N7O2. The Labute approximate surface area is 213 Å². The molecule has 9 heteroatoms. The van der Waals surface area contributed by atoms with E-state index in [4.69, 9.17) is 4.74 Å². The van der Waals surface area contributed by atoms with Gasteiger partial charge in [-0.2, -0.15) is 0 Å². The molecule has 196 valence electrons. The molecule has 9 nitrogen and oxygen atoms in total. The van der Waals surface area contributed by atoms with Crippen molar-refractivity contribution in [1.82, 2.24) is 35.0 Å². The maximum Gasteiger partial charge on any atom is 0.252 e. The summed E-state index contributed by atoms with van der Waals surface area (Å²) in [6, 6.07) is 8.13. The molecular weight excluding hydrogens is 454 g/mol. The van der Waals surface area contributed by atoms with Crippen LogP contribution in [0.2, 0.25) is 0 Å². The Bertz CT molecular complexity index is 1200. The van der Waals surface area contributed by atoms with Gasteiger partial charge in [0.1, 0.15) is 0 Å². The minimum Gasteiger partial charge on any atom is -0.379 e. The summed E-state index contributed by atoms with van der Waals surface area (Å²) >= 11 is 0. The maximum atomic E-state index is 13.2. The molecule has 1 fully saturated rings. The molecule has 0 radical (unpaired) electrons. The molecule has 1 N–H and O–H groups in total. The lowest BCUT2D eigenvalue weighted by molar-refractivity contribution is 0.0340. The molecule has 1 unspecified atom stereocenters. The number of hydrogen-bond donors (Lipinski definition) is 1. The second kappa shape index (κ2) is 11.2. The smallest absolute Gasteiger partial charge is 0.252 e. The van der Waals surface area contributed by atoms with E-state index >= 15 is 0 Å². The van der Waals surface area contributed by atoms with Crippen LogP contribution in [0.4, 0.5) is 0 Å². The number of aromatic nitrogens is 5. The van der Waals surface area contributed by atoms with Gasteiger partial charge in [-0.15, -0.1) is 5.10 Å². The highest BCUT2D eigenvalue weighted by Crippen LogP contribution is 2.31. The van der Waals surface area contributed by atoms with Crippen LogP contribution in [0.3, 0.4) is 0 Å². The third kappa shape index (κ3) is 6.02. The first-order chi connectivity index (χ1) is 17.1. The summed E-state index contributed by atoms with van der Waals surface area (Å²) in [5.74, 6) is 1.10. The topological polar surface area (TPSA) is 92.2 Å². The number of aromatic amines is 1. The summed E-state index contributed by atoms with van der Waals surface area (Å²) in [7, 11) is 0. The number of nitrogens with zero attached hydrogens (tertiary/aromatic N) is 6. The van der Waals surface area contributed by atoms with Crippen molar-refractivity contribution < 1.29 is 4.74 Å². The van der Waals surface area contributed by atoms with Crippen molar-refractivity contribution in [2.75, 3.05) is 39.4 Å². The Hall–Kier alpha value is -2.62. The third-order valence-corrected chi connectivity index (χ3v) is 6.98. The molecule has 1 aliphatic rings. The largest absolute Gasteiger partial charge is 0.379 e. The maximum absolute atomic E-state index is 13.2. The van der Waals surface area contributed by atoms with Gasteiger partial charge < -0.3 is 9.72 Å². The van der Waals surface area contributed by atoms with Gasteiger partial charge in [0, 0.05) is 31.7 Å². The summed E-state index contributed by atoms with van der Waals surface area (Å²) in [4.78, 5) is 21.2. The van der Waals surface area contributed by atoms with Gasteiger partial charge in [-0.1, -0.05) is 32.0 Å². The Balaban J connectivity index is 1.67. The molecule has 36 heavy (non-hydrogen) atoms. The van der Waals surface area contributed by atoms with E-state index in [0.717, 1.165) is 73.7 Å². The Kier molecular flexibility index (Phi) is 8.22. The number of nitrogens with one attached hydrogen (secondary N) is 1. The number of ether oxygens (including phenoxy) is 1. The molecule has 1 aliphatic heterocycles. The normalized spacial score (nSPS) is 16.3. The lowest BCUT2D eigenvalue weighted by Crippen LogP contribution is -2.41. The summed E-state index contributed by atoms with van der Waals surface area (Å²) in [6.07, 6.45) is 0.991. The molecule has 0 saturated carbocycles. The van der Waals surface area contributed by atoms with Crippen molar-refractivity contribution in [3.63, 3.8) is 0 Å². The fraction of sp³-hybridized carbons (Fsp3) is 0.630. The van der Waals surface area contributed by atoms with Gasteiger partial charge in [-0.3, -0.25) is 14.6 Å². The summed E-state index contributed by atoms with van der Waals surface area (Å²) in [5.41, 5.74) is 2.46. The first-order valence-electron chi connectivity index (χ1n) is 13.1. The van der Waals surface area contributed by atoms with Crippen molar-refractivity contribution in [3.05, 3.63) is 51.6 Å². The number of tetrazole rings is 1. The Morgan fingerprint density at radius 2 is 1.94 bits per heavy atom. The standard InChI is InChI=1S/C27H41N7O2/c1-19(2)24(25-29-30-31-34(25)27(4,5)6)33(12-8-11-32-13-15-36-16-14-32)18-22-17-21-10-7-9-20(3)23(21)28-26(22)35/h7,9-10,17,19,24H,8,11-16,18H2,1-6H3,(H,28,35). The van der Waals surface area contributed by atoms with Gasteiger partial charge in [0.25, 0.3) is 5.56 Å². The van der Waals surface area contributed by atoms with Crippen LogP contribution in [-0.2, 0) is 16.8 Å². The van der Waals surface area contributed by atoms with Crippen LogP contribution in [0.15, 0.2) is 29.1 Å². The average molecular weight is 496 g/mol. The molecule has 4 rings (SSSR count). The zero-order chi connectivity index (χ0) is 25.9. The van der Waals surface area contributed by atoms with Crippen molar-refractivity contribution >= 4 is 10.9 Å². The fourth-order valence-corrected chi connectivity index (χ4v) is 5.14. The van der Waals surface area contributed by atoms with Crippen LogP contribution in [0.5, 0.6) is 0 Å². The molecule has 0 aliphatic carbocycles. The van der Waals surface area contributed by atoms with Gasteiger partial charge in [0.05, 0.1) is 30.3 Å². The number of aryl methyl sites for hydroxylation is 1. The molecule has 0 spiro atoms. The van der Waals surface area contributed by atoms with E-state index in [0.29, 0.717) is 6.54 Å². The van der Waals surface area contributed by atoms with Gasteiger partial charge in [-0.05, 0) is 74.0 Å². The van der Waals surface area contributed by atoms with E-state index in [2.05, 4.69) is 71.0 Å². The van der Waals surface area contributed by atoms with E-state index in [1.54, 1.807) is 0 Å². The summed E-state index contributed by atoms with van der Waals surface area (Å²) in [6.45, 7) is 18.7. The van der Waals surface area contributed by atoms with Gasteiger partial charge in [0.15, 0.2) is 5.82 Å². The molecule has 3 aromatic rings. The van der Waals surface area contributed by atoms with Gasteiger partial charge >= 0.3 is 0 Å². The van der Waals surface area contributed by atoms with E-state index < -0.39 is 0 Å². The van der Waals surface area contributed by atoms with Crippen molar-refractivity contribution in [2.45, 2.75) is 66.1 Å². The predicted octanol–water partition coefficient (Wildman–Crippen LogP) is 3.50. The highest BCUT2D eigenvalue weighted by molar-refractivity contribution is 5.81. The fourth-order valence-electron chi connectivity index (χ4n) is 5.14. The molecule has 1 saturated heterocycles. The summed E-state index contributed by atoms with van der Waals surface area (Å²) in [5, 5.41) is 13.9. The molecule has 0 amide bonds. The first-order valence-corrected chi connectivity index (χ1v) is 13.1. The molecule has 2 aromatic heterocycles. The summed E-state index contributed by atoms with van der Waals surface area (Å²) < 4.78 is 7.44. The molecule has 3 heterocycles. The number of morpholine rings is 1. The number of fused-ring (bicyclic) bond motifs is 1. The highest BCUT2D eigenvalue weighted by Gasteiger charge is 2.32. The van der Waals surface area contributed by atoms with Gasteiger partial charge in [-0.25, -0.2) is 4.68 Å². The van der Waals surface area contributed by atoms with E-state index in [1.165, 1.54) is 0 Å². The Morgan fingerprint density at radius 1 is 1.19 bits per heavy atom. The quantitative estimate of drug-likeness (QED) is 0.486. The second-order valence-corrected chi connectivity index (χ2v) is 11.2. The van der Waals surface area contributed by atoms with Crippen molar-refractivity contribution in [1.29, 1.82) is 0 Å². The second-order valence-electron chi connectivity index (χ2n) is 11.2. The number of H-pyrrole nitrogens is 1. The van der Waals surface area contributed by atoms with Crippen LogP contribution in [0.25, 0.3) is 10.9 Å². The number of para-hydroxylation sites is 1. The average Bonchev–Trinajstić information content (AvgIpc) is 3.31. The zero-order valence-corrected chi connectivity index (χ0v) is 22.6. The monoisotopic (exact) mass is 495 g/mol. The van der Waals surface area contributed by atoms with Gasteiger partial charge in [0.2, 0.25) is 0 Å². The molecule has 0 bridgehead atoms. The van der Waals surface area contributed by atoms with E-state index in [1.807, 2.05) is 29.8 Å². The number of pyridine rings is 1. The van der Waals surface area contributed by atoms with Crippen molar-refractivity contribution in [3.8, 4) is 0 Å². The lowest BCUT2D eigenvalue weighted by Gasteiger charge is -2.36. The minimum atomic E-state index is -0.247. The van der Waals surface area contributed by atoms with Crippen LogP contribution >= 0.6 is 0 Å². The van der Waals surface area contributed by atoms with E-state index in [-0.39, 0.29) is 23.1 Å². The first kappa shape index (κ1) is 26.4. The van der Waals surface area contributed by atoms with E-state index in [9.17, 15) is 4.79 Å². The minimum absolute atomic E-state index is 0.0310. The number of benzene rings is 1. The lowest BCUT2D eigenvalue weighted by atomic mass is 9.98. The molecule has 1 aromatic carbocycles. The number of rotatable bonds is 9. The predicted molar refractivity (Wildman–Crippen MR) is 142 cm³/mol. The van der Waals surface area contributed by atoms with Crippen LogP contribution in [0.1, 0.15) is 64.0 Å². The van der Waals surface area contributed by atoms with Crippen LogP contribution in [0, 0.1) is 12.8 Å². The third-order valence-electron chi connectivity index (χ3n) is 6.98. The van der Waals surface area contributed by atoms with Crippen LogP contribution < -0.4 is 5.56 Å². The highest BCUT2D eigenvalue weighted by atomic mass is 16.5. The van der Waals surface area contributed by atoms with Crippen LogP contribution in [-0.4, -0.2) is 74.4 Å². The zero-order valence-electron chi connectivity index (χ0n) is 22.6.